The summed E-state index contributed by atoms with van der Waals surface area (Å²) in [5.74, 6) is 0.0356. The minimum atomic E-state index is 0.0356. The van der Waals surface area contributed by atoms with Crippen LogP contribution in [0.4, 0.5) is 0 Å². The van der Waals surface area contributed by atoms with E-state index in [0.717, 1.165) is 37.1 Å². The Kier molecular flexibility index (Phi) is 5.53. The van der Waals surface area contributed by atoms with E-state index in [1.54, 1.807) is 0 Å². The lowest BCUT2D eigenvalue weighted by Crippen LogP contribution is -2.40. The lowest BCUT2D eigenvalue weighted by molar-refractivity contribution is -0.137. The summed E-state index contributed by atoms with van der Waals surface area (Å²) >= 11 is 6.10. The fraction of sp³-hybridized carbons (Fsp3) is 0.444. The van der Waals surface area contributed by atoms with Crippen LogP contribution in [-0.4, -0.2) is 39.8 Å². The molecule has 0 N–H and O–H groups in total. The second kappa shape index (κ2) is 7.81. The number of aromatic nitrogens is 2. The van der Waals surface area contributed by atoms with E-state index in [1.165, 1.54) is 0 Å². The number of hydrogen-bond acceptors (Lipinski definition) is 3. The molecule has 1 aromatic carbocycles. The molecule has 2 aromatic rings. The highest BCUT2D eigenvalue weighted by atomic mass is 35.5. The maximum atomic E-state index is 12.5. The minimum absolute atomic E-state index is 0.0356. The van der Waals surface area contributed by atoms with Crippen molar-refractivity contribution < 1.29 is 9.53 Å². The van der Waals surface area contributed by atoms with Crippen molar-refractivity contribution >= 4 is 17.5 Å². The van der Waals surface area contributed by atoms with Gasteiger partial charge in [-0.3, -0.25) is 9.48 Å². The number of likely N-dealkylation sites (tertiary alicyclic amines) is 1. The van der Waals surface area contributed by atoms with Gasteiger partial charge in [0.15, 0.2) is 0 Å². The molecule has 0 spiro atoms. The molecule has 1 atom stereocenters. The van der Waals surface area contributed by atoms with Crippen LogP contribution in [0.5, 0.6) is 0 Å². The largest absolute Gasteiger partial charge is 0.367 e. The third-order valence-electron chi connectivity index (χ3n) is 4.30. The molecule has 128 valence electrons. The summed E-state index contributed by atoms with van der Waals surface area (Å²) in [5, 5.41) is 4.98. The second-order valence-electron chi connectivity index (χ2n) is 6.21. The second-order valence-corrected chi connectivity index (χ2v) is 6.61. The van der Waals surface area contributed by atoms with Gasteiger partial charge in [0.2, 0.25) is 5.91 Å². The fourth-order valence-electron chi connectivity index (χ4n) is 3.08. The van der Waals surface area contributed by atoms with Gasteiger partial charge >= 0.3 is 0 Å². The summed E-state index contributed by atoms with van der Waals surface area (Å²) in [4.78, 5) is 14.4. The number of aryl methyl sites for hydroxylation is 1. The summed E-state index contributed by atoms with van der Waals surface area (Å²) in [6, 6.07) is 7.72. The lowest BCUT2D eigenvalue weighted by Gasteiger charge is -2.24. The summed E-state index contributed by atoms with van der Waals surface area (Å²) in [5.41, 5.74) is 2.03. The van der Waals surface area contributed by atoms with Gasteiger partial charge in [-0.15, -0.1) is 0 Å². The van der Waals surface area contributed by atoms with E-state index in [-0.39, 0.29) is 18.6 Å². The zero-order valence-electron chi connectivity index (χ0n) is 13.8. The molecule has 0 saturated carbocycles. The van der Waals surface area contributed by atoms with Crippen LogP contribution in [0.15, 0.2) is 36.7 Å². The number of benzene rings is 1. The van der Waals surface area contributed by atoms with Gasteiger partial charge in [-0.05, 0) is 37.0 Å². The molecule has 1 aliphatic rings. The first-order valence-electron chi connectivity index (χ1n) is 8.23. The Labute approximate surface area is 147 Å². The first kappa shape index (κ1) is 17.0. The SMILES string of the molecule is Cc1cnn(C[C@H]2CCCN2C(=O)COCc2ccccc2Cl)c1. The highest BCUT2D eigenvalue weighted by Gasteiger charge is 2.29. The average molecular weight is 348 g/mol. The molecule has 3 rings (SSSR count). The van der Waals surface area contributed by atoms with Gasteiger partial charge in [-0.25, -0.2) is 0 Å². The van der Waals surface area contributed by atoms with Crippen LogP contribution in [0.3, 0.4) is 0 Å². The normalized spacial score (nSPS) is 17.4. The minimum Gasteiger partial charge on any atom is -0.367 e. The molecule has 1 fully saturated rings. The van der Waals surface area contributed by atoms with Crippen LogP contribution >= 0.6 is 11.6 Å². The molecule has 0 unspecified atom stereocenters. The standard InChI is InChI=1S/C18H22ClN3O2/c1-14-9-20-21(10-14)11-16-6-4-8-22(16)18(23)13-24-12-15-5-2-3-7-17(15)19/h2-3,5,7,9-10,16H,4,6,8,11-13H2,1H3/t16-/m1/s1. The Morgan fingerprint density at radius 2 is 2.25 bits per heavy atom. The number of carbonyl (C=O) groups excluding carboxylic acids is 1. The number of amides is 1. The molecule has 1 aromatic heterocycles. The van der Waals surface area contributed by atoms with Crippen molar-refractivity contribution in [3.05, 3.63) is 52.8 Å². The van der Waals surface area contributed by atoms with Crippen LogP contribution in [-0.2, 0) is 22.7 Å². The summed E-state index contributed by atoms with van der Waals surface area (Å²) in [7, 11) is 0. The predicted octanol–water partition coefficient (Wildman–Crippen LogP) is 3.05. The topological polar surface area (TPSA) is 47.4 Å². The molecule has 0 radical (unpaired) electrons. The van der Waals surface area contributed by atoms with Crippen molar-refractivity contribution in [1.82, 2.24) is 14.7 Å². The number of rotatable bonds is 6. The van der Waals surface area contributed by atoms with Crippen LogP contribution in [0, 0.1) is 6.92 Å². The van der Waals surface area contributed by atoms with Crippen molar-refractivity contribution in [3.8, 4) is 0 Å². The molecule has 0 aliphatic carbocycles. The zero-order valence-corrected chi connectivity index (χ0v) is 14.6. The van der Waals surface area contributed by atoms with Gasteiger partial charge in [0.25, 0.3) is 0 Å². The Morgan fingerprint density at radius 3 is 3.00 bits per heavy atom. The summed E-state index contributed by atoms with van der Waals surface area (Å²) in [6.45, 7) is 3.98. The molecular formula is C18H22ClN3O2. The van der Waals surface area contributed by atoms with Crippen LogP contribution < -0.4 is 0 Å². The highest BCUT2D eigenvalue weighted by Crippen LogP contribution is 2.20. The Morgan fingerprint density at radius 1 is 1.42 bits per heavy atom. The highest BCUT2D eigenvalue weighted by molar-refractivity contribution is 6.31. The summed E-state index contributed by atoms with van der Waals surface area (Å²) in [6.07, 6.45) is 5.89. The third-order valence-corrected chi connectivity index (χ3v) is 4.67. The first-order chi connectivity index (χ1) is 11.6. The molecule has 1 amide bonds. The summed E-state index contributed by atoms with van der Waals surface area (Å²) < 4.78 is 7.49. The Balaban J connectivity index is 1.51. The number of nitrogens with zero attached hydrogens (tertiary/aromatic N) is 3. The monoisotopic (exact) mass is 347 g/mol. The zero-order chi connectivity index (χ0) is 16.9. The lowest BCUT2D eigenvalue weighted by atomic mass is 10.2. The van der Waals surface area contributed by atoms with E-state index in [4.69, 9.17) is 16.3 Å². The van der Waals surface area contributed by atoms with E-state index in [9.17, 15) is 4.79 Å². The predicted molar refractivity (Wildman–Crippen MR) is 92.8 cm³/mol. The van der Waals surface area contributed by atoms with Crippen molar-refractivity contribution in [2.45, 2.75) is 39.0 Å². The first-order valence-corrected chi connectivity index (χ1v) is 8.61. The number of carbonyl (C=O) groups is 1. The average Bonchev–Trinajstić information content (AvgIpc) is 3.18. The molecule has 24 heavy (non-hydrogen) atoms. The number of hydrogen-bond donors (Lipinski definition) is 0. The van der Waals surface area contributed by atoms with E-state index in [0.29, 0.717) is 11.6 Å². The molecule has 1 aliphatic heterocycles. The van der Waals surface area contributed by atoms with E-state index in [1.807, 2.05) is 53.2 Å². The van der Waals surface area contributed by atoms with Gasteiger partial charge in [-0.2, -0.15) is 5.10 Å². The van der Waals surface area contributed by atoms with Gasteiger partial charge in [0, 0.05) is 17.8 Å². The molecule has 5 nitrogen and oxygen atoms in total. The maximum Gasteiger partial charge on any atom is 0.248 e. The smallest absolute Gasteiger partial charge is 0.248 e. The molecule has 0 bridgehead atoms. The Hall–Kier alpha value is -1.85. The molecule has 2 heterocycles. The Bertz CT molecular complexity index is 701. The van der Waals surface area contributed by atoms with Gasteiger partial charge in [0.1, 0.15) is 6.61 Å². The number of halogens is 1. The van der Waals surface area contributed by atoms with Crippen LogP contribution in [0.25, 0.3) is 0 Å². The molecule has 6 heteroatoms. The van der Waals surface area contributed by atoms with Crippen molar-refractivity contribution in [1.29, 1.82) is 0 Å². The molecule has 1 saturated heterocycles. The van der Waals surface area contributed by atoms with Crippen molar-refractivity contribution in [2.75, 3.05) is 13.2 Å². The molecular weight excluding hydrogens is 326 g/mol. The van der Waals surface area contributed by atoms with Crippen molar-refractivity contribution in [3.63, 3.8) is 0 Å². The van der Waals surface area contributed by atoms with E-state index < -0.39 is 0 Å². The van der Waals surface area contributed by atoms with Gasteiger partial charge in [0.05, 0.1) is 25.4 Å². The van der Waals surface area contributed by atoms with Crippen LogP contribution in [0.1, 0.15) is 24.0 Å². The van der Waals surface area contributed by atoms with Crippen LogP contribution in [0.2, 0.25) is 5.02 Å². The fourth-order valence-corrected chi connectivity index (χ4v) is 3.27. The maximum absolute atomic E-state index is 12.5. The van der Waals surface area contributed by atoms with Gasteiger partial charge in [-0.1, -0.05) is 29.8 Å². The van der Waals surface area contributed by atoms with E-state index in [2.05, 4.69) is 5.10 Å². The van der Waals surface area contributed by atoms with E-state index >= 15 is 0 Å². The third kappa shape index (κ3) is 4.16. The quantitative estimate of drug-likeness (QED) is 0.807. The van der Waals surface area contributed by atoms with Crippen molar-refractivity contribution in [2.24, 2.45) is 0 Å². The van der Waals surface area contributed by atoms with Gasteiger partial charge < -0.3 is 9.64 Å². The number of ether oxygens (including phenoxy) is 1.